The lowest BCUT2D eigenvalue weighted by atomic mass is 9.52. The van der Waals surface area contributed by atoms with E-state index < -0.39 is 70.1 Å². The number of hydrogen-bond acceptors (Lipinski definition) is 11. The molecule has 2 fully saturated rings. The van der Waals surface area contributed by atoms with Gasteiger partial charge >= 0.3 is 0 Å². The molecule has 12 heteroatoms. The van der Waals surface area contributed by atoms with Crippen LogP contribution in [0.4, 0.5) is 5.82 Å². The van der Waals surface area contributed by atoms with Crippen LogP contribution in [0.15, 0.2) is 6.20 Å². The van der Waals surface area contributed by atoms with E-state index >= 15 is 0 Å². The Morgan fingerprint density at radius 3 is 2.38 bits per heavy atom. The maximum Gasteiger partial charge on any atom is 0.235 e. The van der Waals surface area contributed by atoms with Crippen molar-refractivity contribution in [1.29, 1.82) is 0 Å². The standard InChI is InChI=1S/C27H37N5O7/c1-26(2,11-31(3)4)10-30-25-21(35)15-13(9-29-25)7-12-8-14-18(32(5)6)20(34)17(24(28)38)23(37)27(14,39)22(36)16(12)19(15)33/h9,12,14,16-18,35,39H,7-8,10-11H2,1-6H3,(H2,28,38)(H,29,30)/t12-,14-,16?,17?,18-,27-/m0/s1. The normalized spacial score (nSPS) is 30.7. The summed E-state index contributed by atoms with van der Waals surface area (Å²) in [7, 11) is 6.99. The smallest absolute Gasteiger partial charge is 0.235 e. The number of pyridine rings is 1. The molecule has 0 radical (unpaired) electrons. The molecule has 0 aliphatic heterocycles. The summed E-state index contributed by atoms with van der Waals surface area (Å²) in [6.07, 6.45) is 1.67. The molecule has 0 aromatic carbocycles. The summed E-state index contributed by atoms with van der Waals surface area (Å²) >= 11 is 0. The second-order valence-electron chi connectivity index (χ2n) is 12.4. The fourth-order valence-electron chi connectivity index (χ4n) is 6.84. The number of aliphatic hydroxyl groups is 1. The third-order valence-corrected chi connectivity index (χ3v) is 8.28. The highest BCUT2D eigenvalue weighted by atomic mass is 16.3. The molecule has 1 amide bonds. The number of nitrogens with two attached hydrogens (primary N) is 1. The number of rotatable bonds is 7. The minimum absolute atomic E-state index is 0.00336. The van der Waals surface area contributed by atoms with Crippen LogP contribution >= 0.6 is 0 Å². The molecule has 0 saturated heterocycles. The van der Waals surface area contributed by atoms with Crippen LogP contribution in [-0.4, -0.2) is 107 Å². The molecule has 3 aliphatic rings. The zero-order valence-corrected chi connectivity index (χ0v) is 23.1. The van der Waals surface area contributed by atoms with E-state index in [4.69, 9.17) is 5.73 Å². The quantitative estimate of drug-likeness (QED) is 0.318. The molecule has 2 saturated carbocycles. The second kappa shape index (κ2) is 9.76. The summed E-state index contributed by atoms with van der Waals surface area (Å²) in [5.74, 6) is -10.6. The Balaban J connectivity index is 1.72. The first-order valence-electron chi connectivity index (χ1n) is 13.0. The predicted octanol–water partition coefficient (Wildman–Crippen LogP) is -0.738. The molecule has 5 N–H and O–H groups in total. The monoisotopic (exact) mass is 543 g/mol. The van der Waals surface area contributed by atoms with Crippen molar-refractivity contribution in [3.05, 3.63) is 17.3 Å². The molecule has 3 aliphatic carbocycles. The van der Waals surface area contributed by atoms with Gasteiger partial charge in [-0.15, -0.1) is 0 Å². The van der Waals surface area contributed by atoms with Crippen molar-refractivity contribution in [2.45, 2.75) is 38.3 Å². The number of carbonyl (C=O) groups excluding carboxylic acids is 5. The van der Waals surface area contributed by atoms with Crippen LogP contribution in [0, 0.1) is 29.1 Å². The summed E-state index contributed by atoms with van der Waals surface area (Å²) in [6, 6.07) is -1.13. The maximum absolute atomic E-state index is 13.9. The van der Waals surface area contributed by atoms with Gasteiger partial charge < -0.3 is 26.2 Å². The van der Waals surface area contributed by atoms with Gasteiger partial charge in [0, 0.05) is 25.2 Å². The SMILES string of the molecule is CN(C)CC(C)(C)CNc1ncc2c(c1O)C(=O)C1C(=O)[C@]3(O)C(=O)C(C(N)=O)C(=O)[C@@H](N(C)C)[C@@H]3C[C@@H]1C2. The lowest BCUT2D eigenvalue weighted by Crippen LogP contribution is -2.74. The maximum atomic E-state index is 13.9. The lowest BCUT2D eigenvalue weighted by molar-refractivity contribution is -0.181. The Hall–Kier alpha value is -3.22. The average molecular weight is 544 g/mol. The molecular weight excluding hydrogens is 506 g/mol. The largest absolute Gasteiger partial charge is 0.504 e. The van der Waals surface area contributed by atoms with Gasteiger partial charge in [0.1, 0.15) is 0 Å². The van der Waals surface area contributed by atoms with Gasteiger partial charge in [0.15, 0.2) is 46.2 Å². The van der Waals surface area contributed by atoms with E-state index in [9.17, 15) is 34.2 Å². The van der Waals surface area contributed by atoms with Crippen LogP contribution in [0.3, 0.4) is 0 Å². The molecule has 2 unspecified atom stereocenters. The van der Waals surface area contributed by atoms with E-state index in [1.54, 1.807) is 14.1 Å². The van der Waals surface area contributed by atoms with Gasteiger partial charge in [-0.05, 0) is 57.9 Å². The van der Waals surface area contributed by atoms with Crippen molar-refractivity contribution >= 4 is 34.9 Å². The zero-order chi connectivity index (χ0) is 29.2. The van der Waals surface area contributed by atoms with Crippen molar-refractivity contribution in [3.8, 4) is 5.75 Å². The highest BCUT2D eigenvalue weighted by Gasteiger charge is 2.69. The van der Waals surface area contributed by atoms with Gasteiger partial charge in [-0.25, -0.2) is 4.98 Å². The number of Topliss-reactive ketones (excluding diaryl/α,β-unsaturated/α-hetero) is 4. The van der Waals surface area contributed by atoms with E-state index in [1.807, 2.05) is 32.8 Å². The number of primary amides is 1. The number of anilines is 1. The number of nitrogens with zero attached hydrogens (tertiary/aromatic N) is 3. The number of ketones is 4. The van der Waals surface area contributed by atoms with Crippen LogP contribution in [0.25, 0.3) is 0 Å². The first-order chi connectivity index (χ1) is 18.0. The van der Waals surface area contributed by atoms with E-state index in [0.29, 0.717) is 12.1 Å². The Bertz CT molecular complexity index is 1260. The van der Waals surface area contributed by atoms with Gasteiger partial charge in [0.05, 0.1) is 17.5 Å². The fraction of sp³-hybridized carbons (Fsp3) is 0.630. The van der Waals surface area contributed by atoms with Gasteiger partial charge in [-0.3, -0.25) is 28.9 Å². The molecule has 12 nitrogen and oxygen atoms in total. The molecular formula is C27H37N5O7. The van der Waals surface area contributed by atoms with Crippen molar-refractivity contribution in [3.63, 3.8) is 0 Å². The summed E-state index contributed by atoms with van der Waals surface area (Å²) in [6.45, 7) is 5.26. The number of likely N-dealkylation sites (N-methyl/N-ethyl adjacent to an activating group) is 1. The third kappa shape index (κ3) is 4.53. The molecule has 0 bridgehead atoms. The van der Waals surface area contributed by atoms with Gasteiger partial charge in [-0.1, -0.05) is 13.8 Å². The average Bonchev–Trinajstić information content (AvgIpc) is 2.79. The molecule has 1 aromatic heterocycles. The van der Waals surface area contributed by atoms with Crippen LogP contribution < -0.4 is 11.1 Å². The second-order valence-corrected chi connectivity index (χ2v) is 12.4. The third-order valence-electron chi connectivity index (χ3n) is 8.28. The Labute approximate surface area is 226 Å². The molecule has 39 heavy (non-hydrogen) atoms. The Kier molecular flexibility index (Phi) is 7.20. The first-order valence-corrected chi connectivity index (χ1v) is 13.0. The van der Waals surface area contributed by atoms with Crippen molar-refractivity contribution in [2.75, 3.05) is 46.6 Å². The molecule has 6 atom stereocenters. The lowest BCUT2D eigenvalue weighted by Gasteiger charge is -2.52. The molecule has 0 spiro atoms. The summed E-state index contributed by atoms with van der Waals surface area (Å²) in [5.41, 5.74) is 2.77. The first kappa shape index (κ1) is 28.8. The minimum Gasteiger partial charge on any atom is -0.504 e. The number of hydrogen-bond donors (Lipinski definition) is 4. The van der Waals surface area contributed by atoms with E-state index in [0.717, 1.165) is 6.54 Å². The summed E-state index contributed by atoms with van der Waals surface area (Å²) in [5, 5.41) is 25.8. The van der Waals surface area contributed by atoms with E-state index in [1.165, 1.54) is 11.1 Å². The van der Waals surface area contributed by atoms with Crippen molar-refractivity contribution < 1.29 is 34.2 Å². The van der Waals surface area contributed by atoms with Crippen molar-refractivity contribution in [2.24, 2.45) is 34.8 Å². The Morgan fingerprint density at radius 2 is 1.82 bits per heavy atom. The number of nitrogens with one attached hydrogen (secondary N) is 1. The van der Waals surface area contributed by atoms with E-state index in [-0.39, 0.29) is 29.6 Å². The van der Waals surface area contributed by atoms with E-state index in [2.05, 4.69) is 10.3 Å². The molecule has 212 valence electrons. The number of fused-ring (bicyclic) bond motifs is 3. The number of carbonyl (C=O) groups is 5. The Morgan fingerprint density at radius 1 is 1.18 bits per heavy atom. The van der Waals surface area contributed by atoms with Crippen LogP contribution in [0.1, 0.15) is 36.2 Å². The zero-order valence-electron chi connectivity index (χ0n) is 23.1. The topological polar surface area (TPSA) is 183 Å². The minimum atomic E-state index is -2.74. The van der Waals surface area contributed by atoms with Gasteiger partial charge in [0.25, 0.3) is 0 Å². The van der Waals surface area contributed by atoms with Crippen LogP contribution in [-0.2, 0) is 25.6 Å². The number of aromatic hydroxyl groups is 1. The molecule has 1 heterocycles. The predicted molar refractivity (Wildman–Crippen MR) is 140 cm³/mol. The summed E-state index contributed by atoms with van der Waals surface area (Å²) in [4.78, 5) is 73.9. The fourth-order valence-corrected chi connectivity index (χ4v) is 6.84. The number of amides is 1. The highest BCUT2D eigenvalue weighted by molar-refractivity contribution is 6.32. The number of aromatic nitrogens is 1. The molecule has 4 rings (SSSR count). The van der Waals surface area contributed by atoms with Gasteiger partial charge in [-0.2, -0.15) is 0 Å². The van der Waals surface area contributed by atoms with Crippen molar-refractivity contribution in [1.82, 2.24) is 14.8 Å². The molecule has 1 aromatic rings. The highest BCUT2D eigenvalue weighted by Crippen LogP contribution is 2.51. The van der Waals surface area contributed by atoms with Gasteiger partial charge in [0.2, 0.25) is 5.91 Å². The summed E-state index contributed by atoms with van der Waals surface area (Å²) < 4.78 is 0. The van der Waals surface area contributed by atoms with Crippen LogP contribution in [0.2, 0.25) is 0 Å². The van der Waals surface area contributed by atoms with Crippen LogP contribution in [0.5, 0.6) is 5.75 Å².